The maximum Gasteiger partial charge on any atom is 0.161 e. The Hall–Kier alpha value is -4.63. The molecule has 1 heterocycles. The molecule has 5 aromatic rings. The fourth-order valence-electron chi connectivity index (χ4n) is 6.15. The third-order valence-corrected chi connectivity index (χ3v) is 7.91. The Kier molecular flexibility index (Phi) is 5.36. The van der Waals surface area contributed by atoms with E-state index in [1.807, 2.05) is 72.8 Å². The molecule has 2 N–H and O–H groups in total. The number of carbonyl (C=O) groups is 1. The molecule has 1 aliphatic carbocycles. The van der Waals surface area contributed by atoms with Crippen LogP contribution in [0.5, 0.6) is 5.75 Å². The van der Waals surface area contributed by atoms with Gasteiger partial charge in [-0.15, -0.1) is 0 Å². The molecular formula is C35H27NO2. The van der Waals surface area contributed by atoms with Gasteiger partial charge in [0.1, 0.15) is 5.75 Å². The van der Waals surface area contributed by atoms with Crippen molar-refractivity contribution in [2.24, 2.45) is 0 Å². The van der Waals surface area contributed by atoms with E-state index >= 15 is 0 Å². The van der Waals surface area contributed by atoms with Gasteiger partial charge in [-0.05, 0) is 64.1 Å². The number of phenols is 1. The molecule has 2 aliphatic rings. The number of phenolic OH excluding ortho intramolecular Hbond substituents is 1. The SMILES string of the molecule is O=C1CCCC2=C1C(c1cc(-c3ccccc3)c(O)c(-c3ccccc3)c1)Nc1ccc3ccccc3c12. The fraction of sp³-hybridized carbons (Fsp3) is 0.114. The highest BCUT2D eigenvalue weighted by Gasteiger charge is 2.35. The lowest BCUT2D eigenvalue weighted by Gasteiger charge is -2.35. The van der Waals surface area contributed by atoms with Crippen LogP contribution in [-0.4, -0.2) is 10.9 Å². The van der Waals surface area contributed by atoms with Crippen molar-refractivity contribution in [1.82, 2.24) is 0 Å². The molecule has 1 aliphatic heterocycles. The van der Waals surface area contributed by atoms with Crippen LogP contribution in [0.15, 0.2) is 115 Å². The molecule has 7 rings (SSSR count). The number of Topliss-reactive ketones (excluding diaryl/α,β-unsaturated/α-hetero) is 1. The summed E-state index contributed by atoms with van der Waals surface area (Å²) < 4.78 is 0. The maximum atomic E-state index is 13.6. The molecule has 0 fully saturated rings. The lowest BCUT2D eigenvalue weighted by atomic mass is 9.76. The molecule has 38 heavy (non-hydrogen) atoms. The van der Waals surface area contributed by atoms with Crippen LogP contribution in [0.3, 0.4) is 0 Å². The fourth-order valence-corrected chi connectivity index (χ4v) is 6.15. The van der Waals surface area contributed by atoms with Crippen LogP contribution in [0.25, 0.3) is 38.6 Å². The van der Waals surface area contributed by atoms with Crippen LogP contribution in [0.1, 0.15) is 36.4 Å². The molecule has 184 valence electrons. The zero-order chi connectivity index (χ0) is 25.6. The van der Waals surface area contributed by atoms with Crippen molar-refractivity contribution in [1.29, 1.82) is 0 Å². The average Bonchev–Trinajstić information content (AvgIpc) is 2.97. The summed E-state index contributed by atoms with van der Waals surface area (Å²) in [6.07, 6.45) is 2.31. The Balaban J connectivity index is 1.48. The summed E-state index contributed by atoms with van der Waals surface area (Å²) in [5.74, 6) is 0.454. The summed E-state index contributed by atoms with van der Waals surface area (Å²) in [5, 5.41) is 17.6. The highest BCUT2D eigenvalue weighted by atomic mass is 16.3. The lowest BCUT2D eigenvalue weighted by Crippen LogP contribution is -2.27. The van der Waals surface area contributed by atoms with E-state index in [9.17, 15) is 9.90 Å². The number of hydrogen-bond acceptors (Lipinski definition) is 3. The molecule has 0 saturated heterocycles. The summed E-state index contributed by atoms with van der Waals surface area (Å²) >= 11 is 0. The number of ketones is 1. The van der Waals surface area contributed by atoms with Crippen LogP contribution < -0.4 is 5.32 Å². The molecule has 0 radical (unpaired) electrons. The zero-order valence-electron chi connectivity index (χ0n) is 20.9. The summed E-state index contributed by atoms with van der Waals surface area (Å²) in [6.45, 7) is 0. The predicted octanol–water partition coefficient (Wildman–Crippen LogP) is 8.55. The Morgan fingerprint density at radius 1 is 0.711 bits per heavy atom. The van der Waals surface area contributed by atoms with Gasteiger partial charge in [-0.3, -0.25) is 4.79 Å². The van der Waals surface area contributed by atoms with Crippen LogP contribution in [0.2, 0.25) is 0 Å². The Morgan fingerprint density at radius 2 is 1.34 bits per heavy atom. The van der Waals surface area contributed by atoms with Crippen molar-refractivity contribution >= 4 is 27.8 Å². The number of fused-ring (bicyclic) bond motifs is 4. The van der Waals surface area contributed by atoms with Gasteiger partial charge >= 0.3 is 0 Å². The van der Waals surface area contributed by atoms with E-state index in [1.165, 1.54) is 10.8 Å². The van der Waals surface area contributed by atoms with Crippen molar-refractivity contribution in [2.75, 3.05) is 5.32 Å². The monoisotopic (exact) mass is 493 g/mol. The van der Waals surface area contributed by atoms with Crippen molar-refractivity contribution < 1.29 is 9.90 Å². The quantitative estimate of drug-likeness (QED) is 0.265. The Bertz CT molecular complexity index is 1670. The van der Waals surface area contributed by atoms with E-state index < -0.39 is 0 Å². The second kappa shape index (κ2) is 9.04. The van der Waals surface area contributed by atoms with Gasteiger partial charge in [-0.25, -0.2) is 0 Å². The first-order valence-electron chi connectivity index (χ1n) is 13.2. The van der Waals surface area contributed by atoms with E-state index in [4.69, 9.17) is 0 Å². The summed E-state index contributed by atoms with van der Waals surface area (Å²) in [7, 11) is 0. The lowest BCUT2D eigenvalue weighted by molar-refractivity contribution is -0.116. The molecular weight excluding hydrogens is 466 g/mol. The number of anilines is 1. The number of hydrogen-bond donors (Lipinski definition) is 2. The van der Waals surface area contributed by atoms with Crippen molar-refractivity contribution in [3.63, 3.8) is 0 Å². The normalized spacial score (nSPS) is 16.6. The number of aromatic hydroxyl groups is 1. The molecule has 1 unspecified atom stereocenters. The minimum absolute atomic E-state index is 0.206. The third kappa shape index (κ3) is 3.62. The number of allylic oxidation sites excluding steroid dienone is 1. The first kappa shape index (κ1) is 22.6. The largest absolute Gasteiger partial charge is 0.507 e. The molecule has 3 heteroatoms. The standard InChI is InChI=1S/C35H27NO2/c37-31-17-9-16-27-32-26-15-8-7-14-24(26)18-19-30(32)36-34(33(27)31)25-20-28(22-10-3-1-4-11-22)35(38)29(21-25)23-12-5-2-6-13-23/h1-8,10-15,18-21,34,36,38H,9,16-17H2. The van der Waals surface area contributed by atoms with Crippen LogP contribution in [0, 0.1) is 0 Å². The van der Waals surface area contributed by atoms with E-state index in [0.717, 1.165) is 63.1 Å². The molecule has 0 amide bonds. The summed E-state index contributed by atoms with van der Waals surface area (Å²) in [6, 6.07) is 36.4. The highest BCUT2D eigenvalue weighted by molar-refractivity contribution is 6.12. The maximum absolute atomic E-state index is 13.6. The van der Waals surface area contributed by atoms with E-state index in [-0.39, 0.29) is 17.6 Å². The van der Waals surface area contributed by atoms with Gasteiger partial charge < -0.3 is 10.4 Å². The van der Waals surface area contributed by atoms with Gasteiger partial charge in [0, 0.05) is 34.4 Å². The van der Waals surface area contributed by atoms with Gasteiger partial charge in [0.05, 0.1) is 6.04 Å². The van der Waals surface area contributed by atoms with Gasteiger partial charge in [0.2, 0.25) is 0 Å². The molecule has 0 aromatic heterocycles. The minimum atomic E-state index is -0.294. The molecule has 5 aromatic carbocycles. The smallest absolute Gasteiger partial charge is 0.161 e. The first-order valence-corrected chi connectivity index (χ1v) is 13.2. The van der Waals surface area contributed by atoms with E-state index in [2.05, 4.69) is 41.7 Å². The van der Waals surface area contributed by atoms with Crippen molar-refractivity contribution in [3.8, 4) is 28.0 Å². The second-order valence-electron chi connectivity index (χ2n) is 10.2. The number of rotatable bonds is 3. The Morgan fingerprint density at radius 3 is 2.03 bits per heavy atom. The van der Waals surface area contributed by atoms with Gasteiger partial charge in [-0.1, -0.05) is 91.0 Å². The first-order chi connectivity index (χ1) is 18.7. The average molecular weight is 494 g/mol. The number of nitrogens with one attached hydrogen (secondary N) is 1. The molecule has 0 spiro atoms. The highest BCUT2D eigenvalue weighted by Crippen LogP contribution is 2.50. The summed E-state index contributed by atoms with van der Waals surface area (Å²) in [5.41, 5.74) is 8.62. The van der Waals surface area contributed by atoms with Gasteiger partial charge in [0.15, 0.2) is 5.78 Å². The summed E-state index contributed by atoms with van der Waals surface area (Å²) in [4.78, 5) is 13.6. The van der Waals surface area contributed by atoms with Crippen molar-refractivity contribution in [3.05, 3.63) is 126 Å². The Labute approximate surface area is 222 Å². The predicted molar refractivity (Wildman–Crippen MR) is 155 cm³/mol. The molecule has 0 bridgehead atoms. The van der Waals surface area contributed by atoms with Crippen LogP contribution in [-0.2, 0) is 4.79 Å². The zero-order valence-corrected chi connectivity index (χ0v) is 20.9. The molecule has 3 nitrogen and oxygen atoms in total. The third-order valence-electron chi connectivity index (χ3n) is 7.91. The number of benzene rings is 5. The van der Waals surface area contributed by atoms with Gasteiger partial charge in [-0.2, -0.15) is 0 Å². The number of carbonyl (C=O) groups excluding carboxylic acids is 1. The molecule has 1 atom stereocenters. The van der Waals surface area contributed by atoms with Crippen molar-refractivity contribution in [2.45, 2.75) is 25.3 Å². The molecule has 0 saturated carbocycles. The van der Waals surface area contributed by atoms with E-state index in [0.29, 0.717) is 6.42 Å². The van der Waals surface area contributed by atoms with Crippen LogP contribution >= 0.6 is 0 Å². The minimum Gasteiger partial charge on any atom is -0.507 e. The topological polar surface area (TPSA) is 49.3 Å². The van der Waals surface area contributed by atoms with E-state index in [1.54, 1.807) is 0 Å². The van der Waals surface area contributed by atoms with Crippen LogP contribution in [0.4, 0.5) is 5.69 Å². The second-order valence-corrected chi connectivity index (χ2v) is 10.2. The van der Waals surface area contributed by atoms with Gasteiger partial charge in [0.25, 0.3) is 0 Å².